The van der Waals surface area contributed by atoms with Crippen molar-refractivity contribution in [3.63, 3.8) is 0 Å². The average molecular weight is 286 g/mol. The summed E-state index contributed by atoms with van der Waals surface area (Å²) < 4.78 is 7.46. The molecule has 2 aromatic rings. The monoisotopic (exact) mass is 286 g/mol. The molecule has 2 heterocycles. The zero-order valence-electron chi connectivity index (χ0n) is 12.2. The van der Waals surface area contributed by atoms with Crippen LogP contribution in [0.3, 0.4) is 0 Å². The minimum atomic E-state index is 0.831. The molecular formula is C16H22N4O. The summed E-state index contributed by atoms with van der Waals surface area (Å²) >= 11 is 0. The van der Waals surface area contributed by atoms with Gasteiger partial charge in [-0.25, -0.2) is 4.98 Å². The van der Waals surface area contributed by atoms with Crippen molar-refractivity contribution in [2.75, 3.05) is 37.7 Å². The van der Waals surface area contributed by atoms with Gasteiger partial charge >= 0.3 is 0 Å². The normalized spacial score (nSPS) is 15.3. The molecule has 0 bridgehead atoms. The summed E-state index contributed by atoms with van der Waals surface area (Å²) in [6.45, 7) is 6.44. The van der Waals surface area contributed by atoms with E-state index in [9.17, 15) is 0 Å². The molecule has 5 nitrogen and oxygen atoms in total. The first-order chi connectivity index (χ1) is 10.4. The topological polar surface area (TPSA) is 42.3 Å². The van der Waals surface area contributed by atoms with Gasteiger partial charge in [-0.15, -0.1) is 0 Å². The molecule has 0 radical (unpaired) electrons. The SMILES string of the molecule is c1cn(CCNCc2ccc(N3CCOCC3)cc2)cn1. The number of ether oxygens (including phenoxy) is 1. The van der Waals surface area contributed by atoms with E-state index >= 15 is 0 Å². The lowest BCUT2D eigenvalue weighted by molar-refractivity contribution is 0.122. The number of benzene rings is 1. The van der Waals surface area contributed by atoms with Crippen LogP contribution in [-0.2, 0) is 17.8 Å². The third-order valence-electron chi connectivity index (χ3n) is 3.75. The van der Waals surface area contributed by atoms with Gasteiger partial charge < -0.3 is 19.5 Å². The lowest BCUT2D eigenvalue weighted by Crippen LogP contribution is -2.36. The van der Waals surface area contributed by atoms with Crippen LogP contribution >= 0.6 is 0 Å². The smallest absolute Gasteiger partial charge is 0.0946 e. The van der Waals surface area contributed by atoms with E-state index in [4.69, 9.17) is 4.74 Å². The van der Waals surface area contributed by atoms with Crippen molar-refractivity contribution in [3.8, 4) is 0 Å². The number of imidazole rings is 1. The van der Waals surface area contributed by atoms with Gasteiger partial charge in [0.05, 0.1) is 19.5 Å². The highest BCUT2D eigenvalue weighted by atomic mass is 16.5. The Morgan fingerprint density at radius 1 is 1.14 bits per heavy atom. The molecule has 0 amide bonds. The summed E-state index contributed by atoms with van der Waals surface area (Å²) in [6.07, 6.45) is 5.64. The lowest BCUT2D eigenvalue weighted by atomic mass is 10.2. The maximum absolute atomic E-state index is 5.38. The number of hydrogen-bond acceptors (Lipinski definition) is 4. The fourth-order valence-electron chi connectivity index (χ4n) is 2.51. The van der Waals surface area contributed by atoms with Crippen molar-refractivity contribution in [1.82, 2.24) is 14.9 Å². The van der Waals surface area contributed by atoms with E-state index in [0.29, 0.717) is 0 Å². The van der Waals surface area contributed by atoms with E-state index in [1.165, 1.54) is 11.3 Å². The second-order valence-corrected chi connectivity index (χ2v) is 5.24. The van der Waals surface area contributed by atoms with E-state index in [1.807, 2.05) is 18.7 Å². The molecule has 1 saturated heterocycles. The first-order valence-corrected chi connectivity index (χ1v) is 7.50. The number of nitrogens with zero attached hydrogens (tertiary/aromatic N) is 3. The number of morpholine rings is 1. The molecule has 1 aromatic carbocycles. The average Bonchev–Trinajstić information content (AvgIpc) is 3.06. The molecule has 0 unspecified atom stereocenters. The van der Waals surface area contributed by atoms with E-state index in [-0.39, 0.29) is 0 Å². The molecule has 0 aliphatic carbocycles. The standard InChI is InChI=1S/C16H22N4O/c1-3-16(20-9-11-21-12-10-20)4-2-15(1)13-17-5-7-19-8-6-18-14-19/h1-4,6,8,14,17H,5,7,9-13H2. The predicted molar refractivity (Wildman–Crippen MR) is 83.4 cm³/mol. The molecule has 0 spiro atoms. The zero-order chi connectivity index (χ0) is 14.3. The third kappa shape index (κ3) is 4.06. The fraction of sp³-hybridized carbons (Fsp3) is 0.438. The molecule has 0 atom stereocenters. The molecule has 112 valence electrons. The highest BCUT2D eigenvalue weighted by Gasteiger charge is 2.10. The van der Waals surface area contributed by atoms with Gasteiger partial charge in [0.1, 0.15) is 0 Å². The van der Waals surface area contributed by atoms with Gasteiger partial charge in [-0.1, -0.05) is 12.1 Å². The Morgan fingerprint density at radius 3 is 2.67 bits per heavy atom. The molecule has 3 rings (SSSR count). The van der Waals surface area contributed by atoms with Crippen LogP contribution in [0.1, 0.15) is 5.56 Å². The highest BCUT2D eigenvalue weighted by Crippen LogP contribution is 2.16. The van der Waals surface area contributed by atoms with Gasteiger partial charge in [0, 0.05) is 50.8 Å². The van der Waals surface area contributed by atoms with Crippen molar-refractivity contribution in [2.24, 2.45) is 0 Å². The maximum atomic E-state index is 5.38. The molecule has 1 fully saturated rings. The minimum absolute atomic E-state index is 0.831. The second kappa shape index (κ2) is 7.24. The van der Waals surface area contributed by atoms with E-state index in [1.54, 1.807) is 0 Å². The highest BCUT2D eigenvalue weighted by molar-refractivity contribution is 5.47. The van der Waals surface area contributed by atoms with Crippen LogP contribution in [0.15, 0.2) is 43.0 Å². The van der Waals surface area contributed by atoms with Gasteiger partial charge in [0.15, 0.2) is 0 Å². The largest absolute Gasteiger partial charge is 0.378 e. The molecule has 0 saturated carbocycles. The Kier molecular flexibility index (Phi) is 4.86. The first-order valence-electron chi connectivity index (χ1n) is 7.50. The summed E-state index contributed by atoms with van der Waals surface area (Å²) in [4.78, 5) is 6.41. The van der Waals surface area contributed by atoms with Crippen LogP contribution in [-0.4, -0.2) is 42.4 Å². The van der Waals surface area contributed by atoms with Gasteiger partial charge in [0.2, 0.25) is 0 Å². The Bertz CT molecular complexity index is 518. The molecule has 1 aliphatic heterocycles. The zero-order valence-corrected chi connectivity index (χ0v) is 12.2. The van der Waals surface area contributed by atoms with Gasteiger partial charge in [-0.2, -0.15) is 0 Å². The van der Waals surface area contributed by atoms with E-state index < -0.39 is 0 Å². The molecular weight excluding hydrogens is 264 g/mol. The lowest BCUT2D eigenvalue weighted by Gasteiger charge is -2.28. The van der Waals surface area contributed by atoms with E-state index in [2.05, 4.69) is 44.0 Å². The van der Waals surface area contributed by atoms with Gasteiger partial charge in [-0.05, 0) is 17.7 Å². The van der Waals surface area contributed by atoms with Gasteiger partial charge in [-0.3, -0.25) is 0 Å². The van der Waals surface area contributed by atoms with Crippen LogP contribution in [0, 0.1) is 0 Å². The summed E-state index contributed by atoms with van der Waals surface area (Å²) in [5, 5.41) is 3.46. The van der Waals surface area contributed by atoms with Crippen LogP contribution in [0.5, 0.6) is 0 Å². The van der Waals surface area contributed by atoms with Crippen LogP contribution in [0.2, 0.25) is 0 Å². The van der Waals surface area contributed by atoms with Crippen LogP contribution < -0.4 is 10.2 Å². The fourth-order valence-corrected chi connectivity index (χ4v) is 2.51. The molecule has 5 heteroatoms. The van der Waals surface area contributed by atoms with Crippen molar-refractivity contribution in [1.29, 1.82) is 0 Å². The van der Waals surface area contributed by atoms with Crippen molar-refractivity contribution in [3.05, 3.63) is 48.5 Å². The van der Waals surface area contributed by atoms with Crippen LogP contribution in [0.4, 0.5) is 5.69 Å². The van der Waals surface area contributed by atoms with Crippen molar-refractivity contribution >= 4 is 5.69 Å². The molecule has 1 N–H and O–H groups in total. The number of hydrogen-bond donors (Lipinski definition) is 1. The summed E-state index contributed by atoms with van der Waals surface area (Å²) in [5.41, 5.74) is 2.61. The number of rotatable bonds is 6. The van der Waals surface area contributed by atoms with E-state index in [0.717, 1.165) is 45.9 Å². The molecule has 1 aromatic heterocycles. The quantitative estimate of drug-likeness (QED) is 0.817. The Morgan fingerprint density at radius 2 is 1.95 bits per heavy atom. The van der Waals surface area contributed by atoms with Crippen molar-refractivity contribution in [2.45, 2.75) is 13.1 Å². The Balaban J connectivity index is 1.43. The van der Waals surface area contributed by atoms with Gasteiger partial charge in [0.25, 0.3) is 0 Å². The third-order valence-corrected chi connectivity index (χ3v) is 3.75. The molecule has 1 aliphatic rings. The maximum Gasteiger partial charge on any atom is 0.0946 e. The van der Waals surface area contributed by atoms with Crippen molar-refractivity contribution < 1.29 is 4.74 Å². The summed E-state index contributed by atoms with van der Waals surface area (Å²) in [5.74, 6) is 0. The number of anilines is 1. The summed E-state index contributed by atoms with van der Waals surface area (Å²) in [6, 6.07) is 8.82. The second-order valence-electron chi connectivity index (χ2n) is 5.24. The minimum Gasteiger partial charge on any atom is -0.378 e. The number of aromatic nitrogens is 2. The molecule has 21 heavy (non-hydrogen) atoms. The Labute approximate surface area is 125 Å². The predicted octanol–water partition coefficient (Wildman–Crippen LogP) is 1.51. The first kappa shape index (κ1) is 14.1. The van der Waals surface area contributed by atoms with Crippen LogP contribution in [0.25, 0.3) is 0 Å². The summed E-state index contributed by atoms with van der Waals surface area (Å²) in [7, 11) is 0. The Hall–Kier alpha value is -1.85. The number of nitrogens with one attached hydrogen (secondary N) is 1.